The van der Waals surface area contributed by atoms with E-state index < -0.39 is 0 Å². The van der Waals surface area contributed by atoms with Crippen LogP contribution in [-0.2, 0) is 0 Å². The van der Waals surface area contributed by atoms with Gasteiger partial charge in [-0.2, -0.15) is 0 Å². The number of carbonyl (C=O) groups excluding carboxylic acids is 1. The first kappa shape index (κ1) is 12.7. The molecule has 98 valence electrons. The summed E-state index contributed by atoms with van der Waals surface area (Å²) >= 11 is 0. The van der Waals surface area contributed by atoms with Gasteiger partial charge in [0.05, 0.1) is 7.11 Å². The number of hydrogen-bond acceptors (Lipinski definition) is 2. The van der Waals surface area contributed by atoms with Crippen LogP contribution >= 0.6 is 0 Å². The van der Waals surface area contributed by atoms with Gasteiger partial charge in [-0.3, -0.25) is 4.79 Å². The fraction of sp³-hybridized carbons (Fsp3) is 0.118. The van der Waals surface area contributed by atoms with Crippen LogP contribution in [0.3, 0.4) is 0 Å². The van der Waals surface area contributed by atoms with Crippen molar-refractivity contribution in [1.29, 1.82) is 0 Å². The quantitative estimate of drug-likeness (QED) is 0.614. The number of ether oxygens (including phenoxy) is 1. The Hall–Kier alpha value is -2.29. The molecule has 20 heavy (non-hydrogen) atoms. The van der Waals surface area contributed by atoms with Crippen LogP contribution in [0.15, 0.2) is 54.1 Å². The second kappa shape index (κ2) is 5.01. The Morgan fingerprint density at radius 1 is 1.15 bits per heavy atom. The molecule has 2 aromatic carbocycles. The predicted octanol–water partition coefficient (Wildman–Crippen LogP) is 2.65. The Balaban J connectivity index is 2.05. The van der Waals surface area contributed by atoms with Crippen LogP contribution in [0.25, 0.3) is 6.08 Å². The number of methoxy groups -OCH3 is 1. The Labute approximate surface area is 119 Å². The fourth-order valence-electron chi connectivity index (χ4n) is 2.67. The lowest BCUT2D eigenvalue weighted by Gasteiger charge is -2.07. The highest BCUT2D eigenvalue weighted by molar-refractivity contribution is 6.28. The maximum Gasteiger partial charge on any atom is 0.189 e. The molecule has 3 heteroatoms. The van der Waals surface area contributed by atoms with E-state index >= 15 is 0 Å². The standard InChI is InChI=1S/C17H15BO2/c1-20-12-7-8-13-14(10-12)16(18)15(17(13)19)9-11-5-3-2-4-6-11/h2-10,16H,18H2,1H3/b15-9+. The second-order valence-corrected chi connectivity index (χ2v) is 5.01. The number of ketones is 1. The molecule has 0 saturated carbocycles. The number of fused-ring (bicyclic) bond motifs is 1. The summed E-state index contributed by atoms with van der Waals surface area (Å²) in [5.74, 6) is 1.02. The van der Waals surface area contributed by atoms with Gasteiger partial charge in [0.15, 0.2) is 5.78 Å². The lowest BCUT2D eigenvalue weighted by molar-refractivity contribution is 0.104. The van der Waals surface area contributed by atoms with Crippen LogP contribution in [0.2, 0.25) is 0 Å². The van der Waals surface area contributed by atoms with Crippen molar-refractivity contribution in [2.45, 2.75) is 5.82 Å². The molecule has 0 radical (unpaired) electrons. The van der Waals surface area contributed by atoms with Crippen LogP contribution in [0.1, 0.15) is 27.3 Å². The number of hydrogen-bond donors (Lipinski definition) is 0. The van der Waals surface area contributed by atoms with Crippen LogP contribution in [0.5, 0.6) is 5.75 Å². The highest BCUT2D eigenvalue weighted by Gasteiger charge is 2.31. The molecule has 0 spiro atoms. The summed E-state index contributed by atoms with van der Waals surface area (Å²) in [6, 6.07) is 15.6. The number of rotatable bonds is 2. The molecule has 3 rings (SSSR count). The van der Waals surface area contributed by atoms with Crippen molar-refractivity contribution in [3.63, 3.8) is 0 Å². The van der Waals surface area contributed by atoms with E-state index in [-0.39, 0.29) is 11.6 Å². The third-order valence-electron chi connectivity index (χ3n) is 3.82. The molecule has 0 heterocycles. The van der Waals surface area contributed by atoms with E-state index in [1.807, 2.05) is 54.6 Å². The molecule has 0 N–H and O–H groups in total. The van der Waals surface area contributed by atoms with Crippen LogP contribution < -0.4 is 4.74 Å². The monoisotopic (exact) mass is 262 g/mol. The van der Waals surface area contributed by atoms with Gasteiger partial charge in [0.1, 0.15) is 13.6 Å². The van der Waals surface area contributed by atoms with E-state index in [0.29, 0.717) is 0 Å². The summed E-state index contributed by atoms with van der Waals surface area (Å²) in [5.41, 5.74) is 3.75. The summed E-state index contributed by atoms with van der Waals surface area (Å²) < 4.78 is 5.25. The Morgan fingerprint density at radius 3 is 2.60 bits per heavy atom. The molecule has 1 aliphatic rings. The third kappa shape index (κ3) is 2.05. The van der Waals surface area contributed by atoms with Crippen molar-refractivity contribution < 1.29 is 9.53 Å². The molecule has 1 unspecified atom stereocenters. The molecule has 0 bridgehead atoms. The van der Waals surface area contributed by atoms with Crippen LogP contribution in [0, 0.1) is 0 Å². The molecular formula is C17H15BO2. The molecule has 0 saturated heterocycles. The van der Waals surface area contributed by atoms with Crippen molar-refractivity contribution >= 4 is 19.7 Å². The zero-order valence-corrected chi connectivity index (χ0v) is 11.6. The molecule has 0 aromatic heterocycles. The van der Waals surface area contributed by atoms with Gasteiger partial charge in [-0.05, 0) is 41.2 Å². The van der Waals surface area contributed by atoms with Crippen molar-refractivity contribution in [2.75, 3.05) is 7.11 Å². The number of carbonyl (C=O) groups is 1. The number of Topliss-reactive ketones (excluding diaryl/α,β-unsaturated/α-hetero) is 1. The van der Waals surface area contributed by atoms with Crippen molar-refractivity contribution in [1.82, 2.24) is 0 Å². The normalized spacial score (nSPS) is 19.1. The lowest BCUT2D eigenvalue weighted by Crippen LogP contribution is -1.99. The maximum absolute atomic E-state index is 12.5. The largest absolute Gasteiger partial charge is 0.497 e. The number of benzene rings is 2. The summed E-state index contributed by atoms with van der Waals surface area (Å²) in [6.45, 7) is 0. The first-order valence-electron chi connectivity index (χ1n) is 6.70. The number of allylic oxidation sites excluding steroid dienone is 1. The summed E-state index contributed by atoms with van der Waals surface area (Å²) in [7, 11) is 3.71. The molecule has 0 fully saturated rings. The summed E-state index contributed by atoms with van der Waals surface area (Å²) in [4.78, 5) is 12.5. The van der Waals surface area contributed by atoms with Crippen molar-refractivity contribution in [2.24, 2.45) is 0 Å². The van der Waals surface area contributed by atoms with E-state index in [1.165, 1.54) is 0 Å². The van der Waals surface area contributed by atoms with Gasteiger partial charge in [-0.1, -0.05) is 30.3 Å². The first-order chi connectivity index (χ1) is 9.70. The highest BCUT2D eigenvalue weighted by Crippen LogP contribution is 2.38. The van der Waals surface area contributed by atoms with E-state index in [9.17, 15) is 4.79 Å². The molecule has 2 nitrogen and oxygen atoms in total. The van der Waals surface area contributed by atoms with E-state index in [0.717, 1.165) is 28.0 Å². The molecule has 0 aliphatic heterocycles. The van der Waals surface area contributed by atoms with E-state index in [2.05, 4.69) is 7.85 Å². The zero-order valence-electron chi connectivity index (χ0n) is 11.6. The van der Waals surface area contributed by atoms with Gasteiger partial charge in [-0.15, -0.1) is 0 Å². The maximum atomic E-state index is 12.5. The average molecular weight is 262 g/mol. The zero-order chi connectivity index (χ0) is 14.1. The Bertz CT molecular complexity index is 689. The third-order valence-corrected chi connectivity index (χ3v) is 3.82. The Kier molecular flexibility index (Phi) is 3.19. The van der Waals surface area contributed by atoms with Gasteiger partial charge >= 0.3 is 0 Å². The van der Waals surface area contributed by atoms with Gasteiger partial charge in [0.25, 0.3) is 0 Å². The van der Waals surface area contributed by atoms with E-state index in [4.69, 9.17) is 4.74 Å². The molecule has 1 atom stereocenters. The summed E-state index contributed by atoms with van der Waals surface area (Å²) in [5, 5.41) is 0. The lowest BCUT2D eigenvalue weighted by atomic mass is 9.79. The minimum atomic E-state index is 0.104. The summed E-state index contributed by atoms with van der Waals surface area (Å²) in [6.07, 6.45) is 1.99. The molecule has 1 aliphatic carbocycles. The van der Waals surface area contributed by atoms with Crippen molar-refractivity contribution in [3.05, 3.63) is 70.8 Å². The molecule has 2 aromatic rings. The van der Waals surface area contributed by atoms with Crippen molar-refractivity contribution in [3.8, 4) is 5.75 Å². The second-order valence-electron chi connectivity index (χ2n) is 5.01. The predicted molar refractivity (Wildman–Crippen MR) is 83.0 cm³/mol. The van der Waals surface area contributed by atoms with E-state index in [1.54, 1.807) is 7.11 Å². The minimum Gasteiger partial charge on any atom is -0.497 e. The topological polar surface area (TPSA) is 26.3 Å². The van der Waals surface area contributed by atoms with Gasteiger partial charge in [0, 0.05) is 11.1 Å². The van der Waals surface area contributed by atoms with Gasteiger partial charge in [0.2, 0.25) is 0 Å². The van der Waals surface area contributed by atoms with Gasteiger partial charge in [-0.25, -0.2) is 0 Å². The smallest absolute Gasteiger partial charge is 0.189 e. The Morgan fingerprint density at radius 2 is 1.90 bits per heavy atom. The SMILES string of the molecule is BC1/C(=C\c2ccccc2)C(=O)c2ccc(OC)cc21. The molecule has 0 amide bonds. The first-order valence-corrected chi connectivity index (χ1v) is 6.70. The van der Waals surface area contributed by atoms with Crippen LogP contribution in [0.4, 0.5) is 0 Å². The van der Waals surface area contributed by atoms with Crippen LogP contribution in [-0.4, -0.2) is 20.7 Å². The average Bonchev–Trinajstić information content (AvgIpc) is 2.73. The molecular weight excluding hydrogens is 247 g/mol. The van der Waals surface area contributed by atoms with Gasteiger partial charge < -0.3 is 4.74 Å². The highest BCUT2D eigenvalue weighted by atomic mass is 16.5. The minimum absolute atomic E-state index is 0.104. The fourth-order valence-corrected chi connectivity index (χ4v) is 2.67.